The van der Waals surface area contributed by atoms with Gasteiger partial charge in [-0.2, -0.15) is 0 Å². The van der Waals surface area contributed by atoms with Gasteiger partial charge < -0.3 is 14.5 Å². The van der Waals surface area contributed by atoms with Gasteiger partial charge in [0.1, 0.15) is 16.7 Å². The predicted octanol–water partition coefficient (Wildman–Crippen LogP) is 7.02. The lowest BCUT2D eigenvalue weighted by Crippen LogP contribution is -2.45. The number of carbonyl (C=O) groups is 2. The van der Waals surface area contributed by atoms with E-state index in [1.807, 2.05) is 39.2 Å². The highest BCUT2D eigenvalue weighted by atomic mass is 35.5. The first-order chi connectivity index (χ1) is 22.0. The fourth-order valence-corrected chi connectivity index (χ4v) is 8.63. The lowest BCUT2D eigenvalue weighted by Gasteiger charge is -2.46. The van der Waals surface area contributed by atoms with E-state index in [0.717, 1.165) is 61.7 Å². The molecule has 0 saturated heterocycles. The number of ether oxygens (including phenoxy) is 1. The molecule has 1 saturated carbocycles. The number of hydrogen-bond donors (Lipinski definition) is 1. The molecule has 3 aliphatic rings. The number of carbonyl (C=O) groups excluding carboxylic acids is 2. The van der Waals surface area contributed by atoms with Crippen molar-refractivity contribution in [1.82, 2.24) is 9.62 Å². The van der Waals surface area contributed by atoms with Gasteiger partial charge >= 0.3 is 0 Å². The lowest BCUT2D eigenvalue weighted by molar-refractivity contribution is -0.135. The average Bonchev–Trinajstić information content (AvgIpc) is 3.20. The molecule has 2 aliphatic heterocycles. The number of allylic oxidation sites excluding steroid dienone is 2. The number of aryl methyl sites for hydroxylation is 1. The molecule has 2 aromatic rings. The number of nitrogens with one attached hydrogen (secondary N) is 1. The molecule has 2 aromatic carbocycles. The molecular formula is C37H50ClN3O4S. The van der Waals surface area contributed by atoms with Gasteiger partial charge in [0, 0.05) is 49.6 Å². The zero-order valence-electron chi connectivity index (χ0n) is 28.1. The summed E-state index contributed by atoms with van der Waals surface area (Å²) in [7, 11) is 2.11. The first-order valence-electron chi connectivity index (χ1n) is 16.9. The Hall–Kier alpha value is -2.84. The first kappa shape index (κ1) is 34.5. The molecule has 250 valence electrons. The van der Waals surface area contributed by atoms with Crippen molar-refractivity contribution in [3.63, 3.8) is 0 Å². The van der Waals surface area contributed by atoms with Gasteiger partial charge in [0.2, 0.25) is 5.91 Å². The molecule has 1 N–H and O–H groups in total. The monoisotopic (exact) mass is 667 g/mol. The van der Waals surface area contributed by atoms with Crippen LogP contribution in [0, 0.1) is 29.6 Å². The Kier molecular flexibility index (Phi) is 11.2. The average molecular weight is 668 g/mol. The summed E-state index contributed by atoms with van der Waals surface area (Å²) < 4.78 is 22.6. The summed E-state index contributed by atoms with van der Waals surface area (Å²) in [6.07, 6.45) is 9.28. The zero-order chi connectivity index (χ0) is 33.1. The van der Waals surface area contributed by atoms with E-state index in [1.165, 1.54) is 11.1 Å². The number of halogens is 1. The molecule has 1 aliphatic carbocycles. The third-order valence-electron chi connectivity index (χ3n) is 10.5. The topological polar surface area (TPSA) is 79.0 Å². The standard InChI is InChI=1S/C37H50ClN3O4S/c1-7-9-26-18-30(38)14-16-32(26)29-21-41-20-28-12-15-33(28)31(24(3)37(43)40(5)6)11-8-10-23(2)25(4)46(44)39-36(42)27-13-17-35(45-22-29)34(41)19-27/h8,11,13-14,16-19,23-25,28-29,31,33H,7,9-10,12,15,20-22H2,1-6H3,(H,39,42)/b11-8+. The predicted molar refractivity (Wildman–Crippen MR) is 188 cm³/mol. The van der Waals surface area contributed by atoms with Gasteiger partial charge in [-0.05, 0) is 97.7 Å². The Labute approximate surface area is 282 Å². The summed E-state index contributed by atoms with van der Waals surface area (Å²) in [5, 5.41) is 0.500. The Morgan fingerprint density at radius 1 is 1.15 bits per heavy atom. The molecule has 7 nitrogen and oxygen atoms in total. The number of fused-ring (bicyclic) bond motifs is 2. The minimum atomic E-state index is -1.55. The van der Waals surface area contributed by atoms with Crippen molar-refractivity contribution < 1.29 is 18.5 Å². The minimum Gasteiger partial charge on any atom is -0.491 e. The summed E-state index contributed by atoms with van der Waals surface area (Å²) in [6.45, 7) is 10.3. The van der Waals surface area contributed by atoms with Crippen LogP contribution in [0.15, 0.2) is 48.6 Å². The summed E-state index contributed by atoms with van der Waals surface area (Å²) in [6, 6.07) is 11.8. The summed E-state index contributed by atoms with van der Waals surface area (Å²) in [5.74, 6) is 1.43. The van der Waals surface area contributed by atoms with Crippen LogP contribution in [0.3, 0.4) is 0 Å². The van der Waals surface area contributed by atoms with E-state index in [-0.39, 0.29) is 40.7 Å². The smallest absolute Gasteiger partial charge is 0.263 e. The van der Waals surface area contributed by atoms with Gasteiger partial charge in [-0.15, -0.1) is 0 Å². The molecule has 46 heavy (non-hydrogen) atoms. The normalized spacial score (nSPS) is 29.7. The fraction of sp³-hybridized carbons (Fsp3) is 0.568. The molecule has 0 radical (unpaired) electrons. The van der Waals surface area contributed by atoms with Crippen LogP contribution in [-0.4, -0.2) is 60.0 Å². The molecule has 0 aromatic heterocycles. The van der Waals surface area contributed by atoms with Crippen LogP contribution in [0.5, 0.6) is 5.75 Å². The van der Waals surface area contributed by atoms with Gasteiger partial charge in [0.25, 0.3) is 5.91 Å². The second kappa shape index (κ2) is 14.9. The summed E-state index contributed by atoms with van der Waals surface area (Å²) >= 11 is 6.44. The van der Waals surface area contributed by atoms with Crippen molar-refractivity contribution in [3.8, 4) is 5.75 Å². The number of hydrogen-bond acceptors (Lipinski definition) is 5. The maximum Gasteiger partial charge on any atom is 0.263 e. The van der Waals surface area contributed by atoms with Crippen molar-refractivity contribution in [2.45, 2.75) is 71.0 Å². The molecule has 9 heteroatoms. The Morgan fingerprint density at radius 3 is 2.63 bits per heavy atom. The molecule has 0 spiro atoms. The van der Waals surface area contributed by atoms with Crippen molar-refractivity contribution >= 4 is 40.1 Å². The van der Waals surface area contributed by atoms with E-state index in [2.05, 4.69) is 54.7 Å². The highest BCUT2D eigenvalue weighted by molar-refractivity contribution is 7.84. The second-order valence-corrected chi connectivity index (χ2v) is 15.8. The maximum atomic E-state index is 13.4. The second-order valence-electron chi connectivity index (χ2n) is 13.9. The van der Waals surface area contributed by atoms with Crippen LogP contribution in [0.25, 0.3) is 0 Å². The molecule has 2 bridgehead atoms. The number of rotatable bonds is 5. The fourth-order valence-electron chi connectivity index (χ4n) is 7.41. The van der Waals surface area contributed by atoms with Gasteiger partial charge in [-0.3, -0.25) is 14.3 Å². The van der Waals surface area contributed by atoms with E-state index < -0.39 is 11.0 Å². The molecule has 5 rings (SSSR count). The quantitative estimate of drug-likeness (QED) is 0.347. The maximum absolute atomic E-state index is 13.4. The van der Waals surface area contributed by atoms with E-state index >= 15 is 0 Å². The van der Waals surface area contributed by atoms with E-state index in [4.69, 9.17) is 16.3 Å². The molecular weight excluding hydrogens is 618 g/mol. The Bertz CT molecular complexity index is 1480. The minimum absolute atomic E-state index is 0.0846. The van der Waals surface area contributed by atoms with Gasteiger partial charge in [-0.1, -0.05) is 57.0 Å². The number of amides is 2. The zero-order valence-corrected chi connectivity index (χ0v) is 29.7. The molecule has 2 heterocycles. The van der Waals surface area contributed by atoms with E-state index in [9.17, 15) is 13.8 Å². The number of nitrogens with zero attached hydrogens (tertiary/aromatic N) is 2. The van der Waals surface area contributed by atoms with Crippen molar-refractivity contribution in [2.75, 3.05) is 38.7 Å². The largest absolute Gasteiger partial charge is 0.491 e. The molecule has 1 fully saturated rings. The van der Waals surface area contributed by atoms with Gasteiger partial charge in [0.05, 0.1) is 17.5 Å². The van der Waals surface area contributed by atoms with Gasteiger partial charge in [0.15, 0.2) is 0 Å². The van der Waals surface area contributed by atoms with Gasteiger partial charge in [-0.25, -0.2) is 4.21 Å². The highest BCUT2D eigenvalue weighted by Crippen LogP contribution is 2.46. The third-order valence-corrected chi connectivity index (χ3v) is 12.3. The first-order valence-corrected chi connectivity index (χ1v) is 18.5. The third kappa shape index (κ3) is 7.49. The Morgan fingerprint density at radius 2 is 1.93 bits per heavy atom. The van der Waals surface area contributed by atoms with Crippen LogP contribution in [0.4, 0.5) is 5.69 Å². The summed E-state index contributed by atoms with van der Waals surface area (Å²) in [5.41, 5.74) is 3.85. The molecule has 8 atom stereocenters. The van der Waals surface area contributed by atoms with Crippen LogP contribution >= 0.6 is 11.6 Å². The van der Waals surface area contributed by atoms with Crippen LogP contribution < -0.4 is 14.4 Å². The van der Waals surface area contributed by atoms with Crippen molar-refractivity contribution in [2.24, 2.45) is 29.6 Å². The number of benzene rings is 2. The molecule has 2 amide bonds. The molecule has 8 unspecified atom stereocenters. The van der Waals surface area contributed by atoms with E-state index in [1.54, 1.807) is 11.0 Å². The van der Waals surface area contributed by atoms with Crippen LogP contribution in [-0.2, 0) is 22.2 Å². The number of anilines is 1. The van der Waals surface area contributed by atoms with E-state index in [0.29, 0.717) is 24.0 Å². The summed E-state index contributed by atoms with van der Waals surface area (Å²) in [4.78, 5) is 30.8. The van der Waals surface area contributed by atoms with Crippen molar-refractivity contribution in [3.05, 3.63) is 70.3 Å². The van der Waals surface area contributed by atoms with Crippen molar-refractivity contribution in [1.29, 1.82) is 0 Å². The van der Waals surface area contributed by atoms with Crippen LogP contribution in [0.1, 0.15) is 80.8 Å². The lowest BCUT2D eigenvalue weighted by atomic mass is 9.63. The van der Waals surface area contributed by atoms with Crippen LogP contribution in [0.2, 0.25) is 5.02 Å². The highest BCUT2D eigenvalue weighted by Gasteiger charge is 2.42. The SMILES string of the molecule is CCCc1cc(Cl)ccc1C1COc2ccc3cc2N(C1)CC1CCC1C(C(C)C(=O)N(C)C)/C=C/CC(C)C(C)S(=O)NC3=O. The Balaban J connectivity index is 1.56.